The molecule has 0 aliphatic heterocycles. The van der Waals surface area contributed by atoms with Gasteiger partial charge in [-0.05, 0) is 31.2 Å². The van der Waals surface area contributed by atoms with Crippen LogP contribution in [0.15, 0.2) is 48.5 Å². The van der Waals surface area contributed by atoms with Crippen molar-refractivity contribution in [3.05, 3.63) is 64.2 Å². The van der Waals surface area contributed by atoms with E-state index in [-0.39, 0.29) is 17.1 Å². The fourth-order valence-electron chi connectivity index (χ4n) is 2.25. The number of carbonyl (C=O) groups excluding carboxylic acids is 3. The predicted molar refractivity (Wildman–Crippen MR) is 103 cm³/mol. The van der Waals surface area contributed by atoms with E-state index in [1.54, 1.807) is 37.3 Å². The average molecular weight is 401 g/mol. The fraction of sp³-hybridized carbons (Fsp3) is 0.211. The SMILES string of the molecule is CCOc1ccc(NC(=O)COC(=O)CNC(=O)c2ccccc2)c([N+](=O)[O-])c1. The van der Waals surface area contributed by atoms with E-state index in [0.717, 1.165) is 0 Å². The van der Waals surface area contributed by atoms with Crippen molar-refractivity contribution in [2.75, 3.05) is 25.1 Å². The summed E-state index contributed by atoms with van der Waals surface area (Å²) in [5, 5.41) is 15.8. The third-order valence-corrected chi connectivity index (χ3v) is 3.54. The van der Waals surface area contributed by atoms with Gasteiger partial charge in [0.15, 0.2) is 6.61 Å². The highest BCUT2D eigenvalue weighted by atomic mass is 16.6. The van der Waals surface area contributed by atoms with Crippen LogP contribution in [0.25, 0.3) is 0 Å². The lowest BCUT2D eigenvalue weighted by Crippen LogP contribution is -2.32. The lowest BCUT2D eigenvalue weighted by Gasteiger charge is -2.09. The van der Waals surface area contributed by atoms with Gasteiger partial charge in [-0.1, -0.05) is 18.2 Å². The molecule has 29 heavy (non-hydrogen) atoms. The molecule has 152 valence electrons. The van der Waals surface area contributed by atoms with Crippen LogP contribution in [-0.2, 0) is 14.3 Å². The minimum absolute atomic E-state index is 0.0584. The predicted octanol–water partition coefficient (Wildman–Crippen LogP) is 1.91. The van der Waals surface area contributed by atoms with Gasteiger partial charge in [-0.2, -0.15) is 0 Å². The van der Waals surface area contributed by atoms with Crippen molar-refractivity contribution in [2.24, 2.45) is 0 Å². The highest BCUT2D eigenvalue weighted by Gasteiger charge is 2.18. The summed E-state index contributed by atoms with van der Waals surface area (Å²) in [6.07, 6.45) is 0. The monoisotopic (exact) mass is 401 g/mol. The van der Waals surface area contributed by atoms with Crippen LogP contribution in [-0.4, -0.2) is 42.5 Å². The second kappa shape index (κ2) is 10.4. The first-order valence-electron chi connectivity index (χ1n) is 8.60. The van der Waals surface area contributed by atoms with Crippen molar-refractivity contribution in [3.63, 3.8) is 0 Å². The van der Waals surface area contributed by atoms with Crippen LogP contribution >= 0.6 is 0 Å². The van der Waals surface area contributed by atoms with Gasteiger partial charge in [0.25, 0.3) is 17.5 Å². The number of esters is 1. The maximum absolute atomic E-state index is 11.9. The Hall–Kier alpha value is -3.95. The van der Waals surface area contributed by atoms with E-state index < -0.39 is 35.9 Å². The Kier molecular flexibility index (Phi) is 7.66. The Labute approximate surface area is 166 Å². The number of hydrogen-bond acceptors (Lipinski definition) is 7. The van der Waals surface area contributed by atoms with Gasteiger partial charge in [0.05, 0.1) is 17.6 Å². The molecule has 0 bridgehead atoms. The molecule has 2 aromatic carbocycles. The summed E-state index contributed by atoms with van der Waals surface area (Å²) >= 11 is 0. The van der Waals surface area contributed by atoms with Gasteiger partial charge >= 0.3 is 5.97 Å². The first-order valence-corrected chi connectivity index (χ1v) is 8.60. The van der Waals surface area contributed by atoms with Crippen molar-refractivity contribution in [3.8, 4) is 5.75 Å². The lowest BCUT2D eigenvalue weighted by molar-refractivity contribution is -0.384. The minimum atomic E-state index is -0.828. The van der Waals surface area contributed by atoms with Gasteiger partial charge in [-0.25, -0.2) is 0 Å². The van der Waals surface area contributed by atoms with Crippen LogP contribution in [0.3, 0.4) is 0 Å². The lowest BCUT2D eigenvalue weighted by atomic mass is 10.2. The summed E-state index contributed by atoms with van der Waals surface area (Å²) < 4.78 is 9.96. The number of anilines is 1. The Bertz CT molecular complexity index is 900. The van der Waals surface area contributed by atoms with Crippen LogP contribution in [0, 0.1) is 10.1 Å². The van der Waals surface area contributed by atoms with Gasteiger partial charge in [0.2, 0.25) is 0 Å². The van der Waals surface area contributed by atoms with E-state index in [9.17, 15) is 24.5 Å². The summed E-state index contributed by atoms with van der Waals surface area (Å²) in [7, 11) is 0. The molecule has 0 atom stereocenters. The zero-order valence-corrected chi connectivity index (χ0v) is 15.5. The Balaban J connectivity index is 1.84. The van der Waals surface area contributed by atoms with Crippen LogP contribution in [0.2, 0.25) is 0 Å². The Morgan fingerprint density at radius 1 is 1.10 bits per heavy atom. The number of rotatable bonds is 9. The molecule has 0 unspecified atom stereocenters. The van der Waals surface area contributed by atoms with Crippen LogP contribution < -0.4 is 15.4 Å². The van der Waals surface area contributed by atoms with Gasteiger partial charge in [0, 0.05) is 5.56 Å². The van der Waals surface area contributed by atoms with Gasteiger partial charge < -0.3 is 20.1 Å². The summed E-state index contributed by atoms with van der Waals surface area (Å²) in [5.41, 5.74) is -0.0384. The number of amides is 2. The molecule has 10 heteroatoms. The quantitative estimate of drug-likeness (QED) is 0.372. The van der Waals surface area contributed by atoms with Gasteiger partial charge in [-0.3, -0.25) is 24.5 Å². The van der Waals surface area contributed by atoms with Gasteiger partial charge in [-0.15, -0.1) is 0 Å². The van der Waals surface area contributed by atoms with Crippen molar-refractivity contribution in [2.45, 2.75) is 6.92 Å². The standard InChI is InChI=1S/C19H19N3O7/c1-2-28-14-8-9-15(16(10-14)22(26)27)21-17(23)12-29-18(24)11-20-19(25)13-6-4-3-5-7-13/h3-10H,2,11-12H2,1H3,(H,20,25)(H,21,23). The number of ether oxygens (including phenoxy) is 2. The van der Waals surface area contributed by atoms with E-state index >= 15 is 0 Å². The van der Waals surface area contributed by atoms with E-state index in [0.29, 0.717) is 12.2 Å². The average Bonchev–Trinajstić information content (AvgIpc) is 2.72. The maximum Gasteiger partial charge on any atom is 0.325 e. The van der Waals surface area contributed by atoms with Crippen molar-refractivity contribution in [1.29, 1.82) is 0 Å². The highest BCUT2D eigenvalue weighted by Crippen LogP contribution is 2.29. The summed E-state index contributed by atoms with van der Waals surface area (Å²) in [6.45, 7) is 0.979. The van der Waals surface area contributed by atoms with E-state index in [1.807, 2.05) is 0 Å². The van der Waals surface area contributed by atoms with Crippen LogP contribution in [0.1, 0.15) is 17.3 Å². The second-order valence-electron chi connectivity index (χ2n) is 5.63. The highest BCUT2D eigenvalue weighted by molar-refractivity contribution is 5.97. The number of benzene rings is 2. The molecule has 2 rings (SSSR count). The molecule has 2 aromatic rings. The fourth-order valence-corrected chi connectivity index (χ4v) is 2.25. The number of nitro groups is 1. The van der Waals surface area contributed by atoms with Crippen molar-refractivity contribution >= 4 is 29.2 Å². The molecule has 0 spiro atoms. The molecule has 0 radical (unpaired) electrons. The third kappa shape index (κ3) is 6.61. The molecular formula is C19H19N3O7. The summed E-state index contributed by atoms with van der Waals surface area (Å²) in [4.78, 5) is 46.0. The molecule has 0 fully saturated rings. The molecule has 10 nitrogen and oxygen atoms in total. The molecule has 0 saturated carbocycles. The first-order chi connectivity index (χ1) is 13.9. The van der Waals surface area contributed by atoms with Crippen LogP contribution in [0.5, 0.6) is 5.75 Å². The number of carbonyl (C=O) groups is 3. The molecule has 0 aromatic heterocycles. The molecule has 0 saturated heterocycles. The largest absolute Gasteiger partial charge is 0.494 e. The molecular weight excluding hydrogens is 382 g/mol. The topological polar surface area (TPSA) is 137 Å². The molecule has 0 heterocycles. The number of nitrogens with one attached hydrogen (secondary N) is 2. The Morgan fingerprint density at radius 3 is 2.48 bits per heavy atom. The maximum atomic E-state index is 11.9. The van der Waals surface area contributed by atoms with E-state index in [2.05, 4.69) is 10.6 Å². The molecule has 0 aliphatic rings. The normalized spacial score (nSPS) is 9.97. The number of nitrogens with zero attached hydrogens (tertiary/aromatic N) is 1. The first kappa shape index (κ1) is 21.4. The minimum Gasteiger partial charge on any atom is -0.494 e. The van der Waals surface area contributed by atoms with E-state index in [1.165, 1.54) is 18.2 Å². The molecule has 0 aliphatic carbocycles. The summed E-state index contributed by atoms with van der Waals surface area (Å²) in [5.74, 6) is -1.76. The number of hydrogen-bond donors (Lipinski definition) is 2. The van der Waals surface area contributed by atoms with Crippen LogP contribution in [0.4, 0.5) is 11.4 Å². The Morgan fingerprint density at radius 2 is 1.83 bits per heavy atom. The van der Waals surface area contributed by atoms with E-state index in [4.69, 9.17) is 9.47 Å². The van der Waals surface area contributed by atoms with Gasteiger partial charge in [0.1, 0.15) is 18.0 Å². The van der Waals surface area contributed by atoms with Crippen molar-refractivity contribution < 1.29 is 28.8 Å². The van der Waals surface area contributed by atoms with Crippen molar-refractivity contribution in [1.82, 2.24) is 5.32 Å². The molecule has 2 amide bonds. The molecule has 2 N–H and O–H groups in total. The number of nitro benzene ring substituents is 1. The third-order valence-electron chi connectivity index (χ3n) is 3.54. The zero-order valence-electron chi connectivity index (χ0n) is 15.5. The zero-order chi connectivity index (χ0) is 21.2. The smallest absolute Gasteiger partial charge is 0.325 e. The summed E-state index contributed by atoms with van der Waals surface area (Å²) in [6, 6.07) is 12.2. The second-order valence-corrected chi connectivity index (χ2v) is 5.63.